The lowest BCUT2D eigenvalue weighted by atomic mass is 10.1. The van der Waals surface area contributed by atoms with E-state index in [1.807, 2.05) is 30.3 Å². The van der Waals surface area contributed by atoms with Gasteiger partial charge in [-0.1, -0.05) is 30.3 Å². The first kappa shape index (κ1) is 19.3. The van der Waals surface area contributed by atoms with E-state index in [0.717, 1.165) is 31.2 Å². The minimum atomic E-state index is -0.410. The van der Waals surface area contributed by atoms with Crippen molar-refractivity contribution in [3.63, 3.8) is 0 Å². The minimum Gasteiger partial charge on any atom is -0.350 e. The summed E-state index contributed by atoms with van der Waals surface area (Å²) in [6.07, 6.45) is 3.61. The third kappa shape index (κ3) is 4.88. The molecule has 7 heteroatoms. The molecule has 0 radical (unpaired) electrons. The van der Waals surface area contributed by atoms with Crippen LogP contribution in [0.5, 0.6) is 0 Å². The van der Waals surface area contributed by atoms with Crippen LogP contribution in [-0.4, -0.2) is 28.8 Å². The molecular weight excluding hydrogens is 370 g/mol. The van der Waals surface area contributed by atoms with Crippen molar-refractivity contribution in [1.29, 1.82) is 0 Å². The third-order valence-corrected chi connectivity index (χ3v) is 4.94. The van der Waals surface area contributed by atoms with Crippen LogP contribution in [0.3, 0.4) is 0 Å². The second-order valence-electron chi connectivity index (χ2n) is 7.08. The van der Waals surface area contributed by atoms with Crippen molar-refractivity contribution in [3.8, 4) is 0 Å². The molecule has 1 aliphatic heterocycles. The van der Waals surface area contributed by atoms with Crippen LogP contribution in [0.1, 0.15) is 40.9 Å². The van der Waals surface area contributed by atoms with E-state index in [0.29, 0.717) is 35.3 Å². The minimum absolute atomic E-state index is 0.205. The number of H-pyrrole nitrogens is 1. The highest BCUT2D eigenvalue weighted by atomic mass is 16.8. The van der Waals surface area contributed by atoms with Gasteiger partial charge < -0.3 is 9.72 Å². The Morgan fingerprint density at radius 3 is 2.83 bits per heavy atom. The fourth-order valence-corrected chi connectivity index (χ4v) is 3.32. The van der Waals surface area contributed by atoms with Gasteiger partial charge in [-0.15, -0.1) is 0 Å². The quantitative estimate of drug-likeness (QED) is 0.628. The molecule has 0 aliphatic carbocycles. The van der Waals surface area contributed by atoms with E-state index in [1.54, 1.807) is 18.2 Å². The van der Waals surface area contributed by atoms with Crippen molar-refractivity contribution in [1.82, 2.24) is 15.4 Å². The van der Waals surface area contributed by atoms with Gasteiger partial charge in [0, 0.05) is 18.6 Å². The lowest BCUT2D eigenvalue weighted by Crippen LogP contribution is -2.33. The maximum Gasteiger partial charge on any atom is 0.275 e. The fourth-order valence-electron chi connectivity index (χ4n) is 3.32. The number of hydrogen-bond acceptors (Lipinski definition) is 5. The van der Waals surface area contributed by atoms with Gasteiger partial charge in [0.2, 0.25) is 0 Å². The number of hydrogen-bond donors (Lipinski definition) is 2. The van der Waals surface area contributed by atoms with Gasteiger partial charge in [-0.25, -0.2) is 15.3 Å². The lowest BCUT2D eigenvalue weighted by molar-refractivity contribution is -0.186. The van der Waals surface area contributed by atoms with Gasteiger partial charge in [0.25, 0.3) is 11.5 Å². The first-order chi connectivity index (χ1) is 14.2. The molecule has 0 saturated carbocycles. The first-order valence-electron chi connectivity index (χ1n) is 9.83. The Hall–Kier alpha value is -3.03. The zero-order valence-electron chi connectivity index (χ0n) is 16.0. The molecule has 1 aliphatic rings. The summed E-state index contributed by atoms with van der Waals surface area (Å²) >= 11 is 0. The molecule has 1 saturated heterocycles. The van der Waals surface area contributed by atoms with Crippen molar-refractivity contribution in [2.75, 3.05) is 6.61 Å². The van der Waals surface area contributed by atoms with Gasteiger partial charge in [-0.05, 0) is 49.4 Å². The number of aromatic amines is 1. The molecule has 150 valence electrons. The highest BCUT2D eigenvalue weighted by molar-refractivity contribution is 5.96. The van der Waals surface area contributed by atoms with Gasteiger partial charge in [0.1, 0.15) is 5.69 Å². The number of carbonyl (C=O) groups is 1. The topological polar surface area (TPSA) is 93.3 Å². The molecule has 1 unspecified atom stereocenters. The molecule has 1 amide bonds. The molecule has 29 heavy (non-hydrogen) atoms. The zero-order chi connectivity index (χ0) is 20.1. The van der Waals surface area contributed by atoms with Gasteiger partial charge in [0.05, 0.1) is 11.0 Å². The van der Waals surface area contributed by atoms with Crippen LogP contribution < -0.4 is 11.0 Å². The number of rotatable bonds is 6. The number of nitrogens with zero attached hydrogens (tertiary/aromatic N) is 1. The lowest BCUT2D eigenvalue weighted by Gasteiger charge is -2.22. The van der Waals surface area contributed by atoms with E-state index in [1.165, 1.54) is 0 Å². The molecular formula is C22H23N3O4. The van der Waals surface area contributed by atoms with Crippen LogP contribution >= 0.6 is 0 Å². The number of nitrogens with one attached hydrogen (secondary N) is 2. The third-order valence-electron chi connectivity index (χ3n) is 4.94. The second-order valence-corrected chi connectivity index (χ2v) is 7.08. The van der Waals surface area contributed by atoms with Gasteiger partial charge >= 0.3 is 0 Å². The summed E-state index contributed by atoms with van der Waals surface area (Å²) < 4.78 is 5.44. The number of amides is 1. The van der Waals surface area contributed by atoms with Gasteiger partial charge in [-0.2, -0.15) is 0 Å². The number of carbonyl (C=O) groups excluding carboxylic acids is 1. The number of fused-ring (bicyclic) bond motifs is 1. The number of benzene rings is 2. The van der Waals surface area contributed by atoms with E-state index in [-0.39, 0.29) is 11.5 Å². The molecule has 1 fully saturated rings. The highest BCUT2D eigenvalue weighted by Gasteiger charge is 2.17. The average Bonchev–Trinajstić information content (AvgIpc) is 2.77. The van der Waals surface area contributed by atoms with E-state index in [9.17, 15) is 9.59 Å². The molecule has 1 aromatic heterocycles. The second kappa shape index (κ2) is 8.98. The molecule has 1 atom stereocenters. The van der Waals surface area contributed by atoms with Crippen molar-refractivity contribution in [2.24, 2.45) is 0 Å². The summed E-state index contributed by atoms with van der Waals surface area (Å²) in [5.74, 6) is -0.375. The van der Waals surface area contributed by atoms with Crippen molar-refractivity contribution >= 4 is 16.9 Å². The normalized spacial score (nSPS) is 16.6. The maximum atomic E-state index is 12.4. The summed E-state index contributed by atoms with van der Waals surface area (Å²) in [6, 6.07) is 14.9. The molecule has 4 rings (SSSR count). The smallest absolute Gasteiger partial charge is 0.275 e. The Morgan fingerprint density at radius 1 is 1.17 bits per heavy atom. The Morgan fingerprint density at radius 2 is 2.03 bits per heavy atom. The van der Waals surface area contributed by atoms with Crippen LogP contribution in [0, 0.1) is 0 Å². The van der Waals surface area contributed by atoms with Gasteiger partial charge in [0.15, 0.2) is 6.29 Å². The average molecular weight is 393 g/mol. The number of hydroxylamine groups is 1. The largest absolute Gasteiger partial charge is 0.350 e. The summed E-state index contributed by atoms with van der Waals surface area (Å²) in [7, 11) is 0. The Kier molecular flexibility index (Phi) is 5.97. The predicted octanol–water partition coefficient (Wildman–Crippen LogP) is 2.90. The number of ether oxygens (including phenoxy) is 1. The van der Waals surface area contributed by atoms with Crippen LogP contribution in [0.2, 0.25) is 0 Å². The predicted molar refractivity (Wildman–Crippen MR) is 108 cm³/mol. The molecule has 2 heterocycles. The number of aromatic nitrogens is 2. The molecule has 2 N–H and O–H groups in total. The van der Waals surface area contributed by atoms with E-state index >= 15 is 0 Å². The van der Waals surface area contributed by atoms with Crippen molar-refractivity contribution in [3.05, 3.63) is 75.7 Å². The summed E-state index contributed by atoms with van der Waals surface area (Å²) in [5.41, 5.74) is 5.39. The Bertz CT molecular complexity index is 1040. The summed E-state index contributed by atoms with van der Waals surface area (Å²) in [5, 5.41) is 0. The molecule has 2 aromatic carbocycles. The fraction of sp³-hybridized carbons (Fsp3) is 0.318. The van der Waals surface area contributed by atoms with Crippen molar-refractivity contribution in [2.45, 2.75) is 38.4 Å². The van der Waals surface area contributed by atoms with Gasteiger partial charge in [-0.3, -0.25) is 9.59 Å². The zero-order valence-corrected chi connectivity index (χ0v) is 16.0. The Labute approximate surface area is 168 Å². The molecule has 0 bridgehead atoms. The molecule has 7 nitrogen and oxygen atoms in total. The molecule has 3 aromatic rings. The van der Waals surface area contributed by atoms with Crippen LogP contribution in [0.25, 0.3) is 11.0 Å². The van der Waals surface area contributed by atoms with Crippen LogP contribution in [-0.2, 0) is 22.4 Å². The first-order valence-corrected chi connectivity index (χ1v) is 9.83. The van der Waals surface area contributed by atoms with Crippen molar-refractivity contribution < 1.29 is 14.4 Å². The van der Waals surface area contributed by atoms with E-state index in [2.05, 4.69) is 15.4 Å². The monoisotopic (exact) mass is 393 g/mol. The number of aryl methyl sites for hydroxylation is 2. The molecule has 0 spiro atoms. The summed E-state index contributed by atoms with van der Waals surface area (Å²) in [4.78, 5) is 37.4. The standard InChI is InChI=1S/C22H23N3O4/c26-21(25-29-20-8-4-5-13-28-20)16-10-12-17-19(14-16)23-18(22(27)24-17)11-9-15-6-2-1-3-7-15/h1-3,6-7,10,12,14,20H,4-5,8-9,11,13H2,(H,24,27)(H,25,26). The van der Waals surface area contributed by atoms with E-state index < -0.39 is 6.29 Å². The summed E-state index contributed by atoms with van der Waals surface area (Å²) in [6.45, 7) is 0.638. The highest BCUT2D eigenvalue weighted by Crippen LogP contribution is 2.14. The van der Waals surface area contributed by atoms with E-state index in [4.69, 9.17) is 9.57 Å². The van der Waals surface area contributed by atoms with Crippen LogP contribution in [0.15, 0.2) is 53.3 Å². The Balaban J connectivity index is 1.47. The SMILES string of the molecule is O=C(NOC1CCCCO1)c1ccc2[nH]c(=O)c(CCc3ccccc3)nc2c1. The van der Waals surface area contributed by atoms with Crippen LogP contribution in [0.4, 0.5) is 0 Å². The maximum absolute atomic E-state index is 12.4.